The lowest BCUT2D eigenvalue weighted by molar-refractivity contribution is 0.242. The van der Waals surface area contributed by atoms with E-state index >= 15 is 0 Å². The van der Waals surface area contributed by atoms with Gasteiger partial charge in [-0.3, -0.25) is 4.90 Å². The Morgan fingerprint density at radius 3 is 2.37 bits per heavy atom. The Bertz CT molecular complexity index is 721. The van der Waals surface area contributed by atoms with Crippen molar-refractivity contribution in [2.75, 3.05) is 18.4 Å². The maximum Gasteiger partial charge on any atom is 0.193 e. The second kappa shape index (κ2) is 10.6. The highest BCUT2D eigenvalue weighted by molar-refractivity contribution is 5.92. The average molecular weight is 369 g/mol. The Hall–Kier alpha value is -2.53. The molecule has 146 valence electrons. The van der Waals surface area contributed by atoms with Crippen LogP contribution in [0.4, 0.5) is 5.69 Å². The van der Waals surface area contributed by atoms with Crippen LogP contribution in [0.5, 0.6) is 5.75 Å². The van der Waals surface area contributed by atoms with E-state index < -0.39 is 0 Å². The smallest absolute Gasteiger partial charge is 0.193 e. The van der Waals surface area contributed by atoms with Gasteiger partial charge in [0.05, 0.1) is 12.6 Å². The zero-order chi connectivity index (χ0) is 19.6. The zero-order valence-electron chi connectivity index (χ0n) is 16.9. The molecule has 0 heterocycles. The van der Waals surface area contributed by atoms with Gasteiger partial charge in [0, 0.05) is 12.2 Å². The zero-order valence-corrected chi connectivity index (χ0v) is 16.9. The number of hydrogen-bond acceptors (Lipinski definition) is 3. The van der Waals surface area contributed by atoms with Gasteiger partial charge in [-0.1, -0.05) is 38.1 Å². The molecule has 0 radical (unpaired) electrons. The number of anilines is 1. The molecule has 5 nitrogen and oxygen atoms in total. The Morgan fingerprint density at radius 2 is 1.74 bits per heavy atom. The van der Waals surface area contributed by atoms with Crippen LogP contribution in [-0.4, -0.2) is 30.1 Å². The van der Waals surface area contributed by atoms with E-state index in [2.05, 4.69) is 53.3 Å². The minimum absolute atomic E-state index is 0.160. The maximum absolute atomic E-state index is 6.03. The molecule has 0 saturated carbocycles. The van der Waals surface area contributed by atoms with E-state index in [0.717, 1.165) is 36.6 Å². The fourth-order valence-corrected chi connectivity index (χ4v) is 2.78. The highest BCUT2D eigenvalue weighted by atomic mass is 16.5. The molecule has 0 aliphatic rings. The number of guanidine groups is 1. The van der Waals surface area contributed by atoms with Crippen molar-refractivity contribution in [3.8, 4) is 5.75 Å². The van der Waals surface area contributed by atoms with Gasteiger partial charge in [0.2, 0.25) is 0 Å². The summed E-state index contributed by atoms with van der Waals surface area (Å²) in [4.78, 5) is 6.85. The number of nitrogens with one attached hydrogen (secondary N) is 1. The molecular formula is C22H32N4O. The lowest BCUT2D eigenvalue weighted by Crippen LogP contribution is -2.23. The molecule has 0 aromatic heterocycles. The van der Waals surface area contributed by atoms with E-state index in [4.69, 9.17) is 10.5 Å². The number of aliphatic imine (C=N–C) groups is 1. The first-order valence-electron chi connectivity index (χ1n) is 9.64. The van der Waals surface area contributed by atoms with Gasteiger partial charge in [0.25, 0.3) is 0 Å². The van der Waals surface area contributed by atoms with Crippen molar-refractivity contribution in [1.82, 2.24) is 4.90 Å². The average Bonchev–Trinajstić information content (AvgIpc) is 2.66. The van der Waals surface area contributed by atoms with Gasteiger partial charge < -0.3 is 15.8 Å². The van der Waals surface area contributed by atoms with E-state index in [0.29, 0.717) is 12.5 Å². The van der Waals surface area contributed by atoms with E-state index in [1.54, 1.807) is 0 Å². The minimum Gasteiger partial charge on any atom is -0.491 e. The van der Waals surface area contributed by atoms with Gasteiger partial charge in [-0.25, -0.2) is 4.99 Å². The molecule has 0 amide bonds. The van der Waals surface area contributed by atoms with Crippen LogP contribution in [-0.2, 0) is 13.1 Å². The number of nitrogens with zero attached hydrogens (tertiary/aromatic N) is 2. The molecule has 0 spiro atoms. The number of benzene rings is 2. The summed E-state index contributed by atoms with van der Waals surface area (Å²) in [7, 11) is 0. The van der Waals surface area contributed by atoms with Crippen molar-refractivity contribution in [1.29, 1.82) is 0 Å². The second-order valence-corrected chi connectivity index (χ2v) is 6.80. The molecule has 3 N–H and O–H groups in total. The number of nitrogens with two attached hydrogens (primary N) is 1. The molecule has 0 aliphatic carbocycles. The monoisotopic (exact) mass is 368 g/mol. The number of rotatable bonds is 9. The topological polar surface area (TPSA) is 62.9 Å². The fraction of sp³-hybridized carbons (Fsp3) is 0.409. The molecular weight excluding hydrogens is 336 g/mol. The first kappa shape index (κ1) is 20.8. The van der Waals surface area contributed by atoms with Gasteiger partial charge in [-0.05, 0) is 62.3 Å². The van der Waals surface area contributed by atoms with Crippen molar-refractivity contribution in [2.45, 2.75) is 46.9 Å². The van der Waals surface area contributed by atoms with Crippen molar-refractivity contribution in [3.05, 3.63) is 59.7 Å². The summed E-state index contributed by atoms with van der Waals surface area (Å²) in [6, 6.07) is 16.2. The van der Waals surface area contributed by atoms with E-state index in [1.165, 1.54) is 5.56 Å². The second-order valence-electron chi connectivity index (χ2n) is 6.80. The van der Waals surface area contributed by atoms with Crippen LogP contribution in [0.1, 0.15) is 38.8 Å². The SMILES string of the molecule is CCN(CC)Cc1cccc(CN=C(N)Nc2ccc(OC(C)C)cc2)c1. The molecule has 0 bridgehead atoms. The molecule has 2 rings (SSSR count). The molecule has 0 saturated heterocycles. The summed E-state index contributed by atoms with van der Waals surface area (Å²) in [5.41, 5.74) is 9.39. The van der Waals surface area contributed by atoms with Gasteiger partial charge in [0.1, 0.15) is 5.75 Å². The van der Waals surface area contributed by atoms with Crippen molar-refractivity contribution in [2.24, 2.45) is 10.7 Å². The van der Waals surface area contributed by atoms with E-state index in [9.17, 15) is 0 Å². The largest absolute Gasteiger partial charge is 0.491 e. The number of hydrogen-bond donors (Lipinski definition) is 2. The highest BCUT2D eigenvalue weighted by Crippen LogP contribution is 2.17. The predicted octanol–water partition coefficient (Wildman–Crippen LogP) is 4.24. The molecule has 0 unspecified atom stereocenters. The van der Waals surface area contributed by atoms with Crippen LogP contribution >= 0.6 is 0 Å². The lowest BCUT2D eigenvalue weighted by atomic mass is 10.1. The van der Waals surface area contributed by atoms with Gasteiger partial charge in [-0.2, -0.15) is 0 Å². The fourth-order valence-electron chi connectivity index (χ4n) is 2.78. The third-order valence-corrected chi connectivity index (χ3v) is 4.22. The molecule has 27 heavy (non-hydrogen) atoms. The summed E-state index contributed by atoms with van der Waals surface area (Å²) < 4.78 is 5.64. The van der Waals surface area contributed by atoms with Crippen LogP contribution in [0.3, 0.4) is 0 Å². The molecule has 0 atom stereocenters. The summed E-state index contributed by atoms with van der Waals surface area (Å²) in [5.74, 6) is 1.25. The maximum atomic E-state index is 6.03. The molecule has 2 aromatic carbocycles. The first-order valence-corrected chi connectivity index (χ1v) is 9.64. The summed E-state index contributed by atoms with van der Waals surface area (Å²) in [5, 5.41) is 3.12. The molecule has 2 aromatic rings. The number of ether oxygens (including phenoxy) is 1. The standard InChI is InChI=1S/C22H32N4O/c1-5-26(6-2)16-19-9-7-8-18(14-19)15-24-22(23)25-20-10-12-21(13-11-20)27-17(3)4/h7-14,17H,5-6,15-16H2,1-4H3,(H3,23,24,25). The molecule has 0 fully saturated rings. The third-order valence-electron chi connectivity index (χ3n) is 4.22. The Labute approximate surface area is 163 Å². The van der Waals surface area contributed by atoms with Crippen molar-refractivity contribution >= 4 is 11.6 Å². The summed E-state index contributed by atoms with van der Waals surface area (Å²) >= 11 is 0. The van der Waals surface area contributed by atoms with Gasteiger partial charge in [-0.15, -0.1) is 0 Å². The summed E-state index contributed by atoms with van der Waals surface area (Å²) in [6.07, 6.45) is 0.160. The van der Waals surface area contributed by atoms with Crippen molar-refractivity contribution in [3.63, 3.8) is 0 Å². The van der Waals surface area contributed by atoms with Gasteiger partial charge in [0.15, 0.2) is 5.96 Å². The quantitative estimate of drug-likeness (QED) is 0.513. The highest BCUT2D eigenvalue weighted by Gasteiger charge is 2.03. The van der Waals surface area contributed by atoms with Crippen molar-refractivity contribution < 1.29 is 4.74 Å². The van der Waals surface area contributed by atoms with E-state index in [-0.39, 0.29) is 6.10 Å². The van der Waals surface area contributed by atoms with Crippen LogP contribution in [0.25, 0.3) is 0 Å². The first-order chi connectivity index (χ1) is 13.0. The summed E-state index contributed by atoms with van der Waals surface area (Å²) in [6.45, 7) is 12.0. The Morgan fingerprint density at radius 1 is 1.07 bits per heavy atom. The van der Waals surface area contributed by atoms with Crippen LogP contribution in [0, 0.1) is 0 Å². The van der Waals surface area contributed by atoms with Gasteiger partial charge >= 0.3 is 0 Å². The van der Waals surface area contributed by atoms with Crippen LogP contribution in [0.15, 0.2) is 53.5 Å². The van der Waals surface area contributed by atoms with Crippen LogP contribution in [0.2, 0.25) is 0 Å². The lowest BCUT2D eigenvalue weighted by Gasteiger charge is -2.18. The molecule has 5 heteroatoms. The third kappa shape index (κ3) is 7.31. The Balaban J connectivity index is 1.93. The molecule has 0 aliphatic heterocycles. The Kier molecular flexibility index (Phi) is 8.14. The predicted molar refractivity (Wildman–Crippen MR) is 114 cm³/mol. The van der Waals surface area contributed by atoms with E-state index in [1.807, 2.05) is 38.1 Å². The van der Waals surface area contributed by atoms with Crippen LogP contribution < -0.4 is 15.8 Å². The normalized spacial score (nSPS) is 11.9. The minimum atomic E-state index is 0.160.